The van der Waals surface area contributed by atoms with Gasteiger partial charge in [0.1, 0.15) is 5.82 Å². The van der Waals surface area contributed by atoms with Crippen LogP contribution in [0.4, 0.5) is 17.5 Å². The van der Waals surface area contributed by atoms with Crippen molar-refractivity contribution in [3.8, 4) is 0 Å². The molecule has 1 aromatic heterocycles. The number of amides is 1. The van der Waals surface area contributed by atoms with Crippen molar-refractivity contribution >= 4 is 35.1 Å². The molecule has 0 atom stereocenters. The summed E-state index contributed by atoms with van der Waals surface area (Å²) in [5.74, 6) is 2.61. The molecule has 2 aliphatic heterocycles. The van der Waals surface area contributed by atoms with Crippen molar-refractivity contribution in [1.29, 1.82) is 0 Å². The molecule has 0 unspecified atom stereocenters. The Hall–Kier alpha value is -2.32. The highest BCUT2D eigenvalue weighted by molar-refractivity contribution is 7.99. The predicted molar refractivity (Wildman–Crippen MR) is 117 cm³/mol. The molecule has 2 aliphatic rings. The topological polar surface area (TPSA) is 79.4 Å². The second kappa shape index (κ2) is 9.45. The Labute approximate surface area is 175 Å². The first-order chi connectivity index (χ1) is 14.2. The van der Waals surface area contributed by atoms with Crippen LogP contribution in [0.5, 0.6) is 0 Å². The van der Waals surface area contributed by atoms with Crippen LogP contribution in [0.2, 0.25) is 0 Å². The van der Waals surface area contributed by atoms with Crippen LogP contribution in [0.15, 0.2) is 35.2 Å². The number of carbonyl (C=O) groups excluding carboxylic acids is 1. The van der Waals surface area contributed by atoms with Crippen LogP contribution < -0.4 is 15.5 Å². The van der Waals surface area contributed by atoms with Gasteiger partial charge in [0.25, 0.3) is 0 Å². The summed E-state index contributed by atoms with van der Waals surface area (Å²) in [6.07, 6.45) is 2.96. The monoisotopic (exact) mass is 413 g/mol. The Kier molecular flexibility index (Phi) is 6.51. The van der Waals surface area contributed by atoms with E-state index in [0.717, 1.165) is 55.4 Å². The predicted octanol–water partition coefficient (Wildman–Crippen LogP) is 3.18. The fourth-order valence-electron chi connectivity index (χ4n) is 3.64. The SMILES string of the molecule is CC(=O)N(CCNc1nc2c(c(NC3CCOCC3)n1)SCC2)c1ccccc1. The Morgan fingerprint density at radius 1 is 1.24 bits per heavy atom. The maximum absolute atomic E-state index is 12.1. The average Bonchev–Trinajstić information content (AvgIpc) is 3.21. The zero-order chi connectivity index (χ0) is 20.1. The standard InChI is InChI=1S/C21H27N5O2S/c1-15(27)26(17-5-3-2-4-6-17)11-10-22-21-24-18-9-14-29-19(18)20(25-21)23-16-7-12-28-13-8-16/h2-6,16H,7-14H2,1H3,(H2,22,23,24,25). The number of carbonyl (C=O) groups is 1. The highest BCUT2D eigenvalue weighted by Crippen LogP contribution is 2.36. The largest absolute Gasteiger partial charge is 0.381 e. The molecule has 154 valence electrons. The van der Waals surface area contributed by atoms with Gasteiger partial charge in [0, 0.05) is 57.1 Å². The number of fused-ring (bicyclic) bond motifs is 1. The van der Waals surface area contributed by atoms with Crippen molar-refractivity contribution in [3.63, 3.8) is 0 Å². The molecule has 0 bridgehead atoms. The Bertz CT molecular complexity index is 842. The summed E-state index contributed by atoms with van der Waals surface area (Å²) in [6, 6.07) is 10.1. The minimum absolute atomic E-state index is 0.0196. The highest BCUT2D eigenvalue weighted by atomic mass is 32.2. The molecular formula is C21H27N5O2S. The molecule has 1 amide bonds. The minimum atomic E-state index is 0.0196. The van der Waals surface area contributed by atoms with Crippen LogP contribution >= 0.6 is 11.8 Å². The van der Waals surface area contributed by atoms with Gasteiger partial charge in [-0.2, -0.15) is 4.98 Å². The molecule has 1 aromatic carbocycles. The number of nitrogens with zero attached hydrogens (tertiary/aromatic N) is 3. The van der Waals surface area contributed by atoms with Crippen LogP contribution in [-0.4, -0.2) is 54.0 Å². The normalized spacial score (nSPS) is 16.3. The summed E-state index contributed by atoms with van der Waals surface area (Å²) in [5.41, 5.74) is 2.00. The summed E-state index contributed by atoms with van der Waals surface area (Å²) in [4.78, 5) is 24.5. The number of hydrogen-bond acceptors (Lipinski definition) is 7. The molecule has 2 N–H and O–H groups in total. The fraction of sp³-hybridized carbons (Fsp3) is 0.476. The van der Waals surface area contributed by atoms with Crippen LogP contribution in [0.1, 0.15) is 25.5 Å². The number of thioether (sulfide) groups is 1. The van der Waals surface area contributed by atoms with Gasteiger partial charge in [-0.25, -0.2) is 4.98 Å². The lowest BCUT2D eigenvalue weighted by molar-refractivity contribution is -0.116. The van der Waals surface area contributed by atoms with Crippen molar-refractivity contribution < 1.29 is 9.53 Å². The summed E-state index contributed by atoms with van der Waals surface area (Å²) in [6.45, 7) is 4.31. The Morgan fingerprint density at radius 3 is 2.79 bits per heavy atom. The van der Waals surface area contributed by atoms with Crippen LogP contribution in [0.3, 0.4) is 0 Å². The number of aromatic nitrogens is 2. The van der Waals surface area contributed by atoms with E-state index in [-0.39, 0.29) is 5.91 Å². The average molecular weight is 414 g/mol. The van der Waals surface area contributed by atoms with Crippen molar-refractivity contribution in [2.75, 3.05) is 47.6 Å². The maximum atomic E-state index is 12.1. The first kappa shape index (κ1) is 20.0. The molecule has 7 nitrogen and oxygen atoms in total. The Balaban J connectivity index is 1.43. The Morgan fingerprint density at radius 2 is 2.03 bits per heavy atom. The van der Waals surface area contributed by atoms with Crippen molar-refractivity contribution in [2.45, 2.75) is 37.1 Å². The number of para-hydroxylation sites is 1. The fourth-order valence-corrected chi connectivity index (χ4v) is 4.69. The van der Waals surface area contributed by atoms with Gasteiger partial charge >= 0.3 is 0 Å². The molecule has 0 aliphatic carbocycles. The zero-order valence-electron chi connectivity index (χ0n) is 16.7. The highest BCUT2D eigenvalue weighted by Gasteiger charge is 2.23. The lowest BCUT2D eigenvalue weighted by Gasteiger charge is -2.25. The van der Waals surface area contributed by atoms with Crippen LogP contribution in [-0.2, 0) is 16.0 Å². The number of rotatable bonds is 7. The van der Waals surface area contributed by atoms with Gasteiger partial charge in [-0.05, 0) is 25.0 Å². The smallest absolute Gasteiger partial charge is 0.225 e. The molecular weight excluding hydrogens is 386 g/mol. The number of anilines is 3. The third-order valence-corrected chi connectivity index (χ3v) is 6.28. The third-order valence-electron chi connectivity index (χ3n) is 5.15. The molecule has 0 radical (unpaired) electrons. The van der Waals surface area contributed by atoms with Gasteiger partial charge < -0.3 is 20.3 Å². The van der Waals surface area contributed by atoms with E-state index in [1.165, 1.54) is 4.90 Å². The van der Waals surface area contributed by atoms with Gasteiger partial charge in [0.15, 0.2) is 0 Å². The minimum Gasteiger partial charge on any atom is -0.381 e. The number of benzene rings is 1. The van der Waals surface area contributed by atoms with E-state index in [0.29, 0.717) is 25.1 Å². The second-order valence-electron chi connectivity index (χ2n) is 7.23. The molecule has 1 saturated heterocycles. The molecule has 8 heteroatoms. The molecule has 0 spiro atoms. The number of hydrogen-bond donors (Lipinski definition) is 2. The summed E-state index contributed by atoms with van der Waals surface area (Å²) in [7, 11) is 0. The van der Waals surface area contributed by atoms with E-state index in [4.69, 9.17) is 14.7 Å². The van der Waals surface area contributed by atoms with E-state index in [1.807, 2.05) is 42.1 Å². The lowest BCUT2D eigenvalue weighted by atomic mass is 10.1. The number of nitrogens with one attached hydrogen (secondary N) is 2. The van der Waals surface area contributed by atoms with Crippen molar-refractivity contribution in [1.82, 2.24) is 9.97 Å². The quantitative estimate of drug-likeness (QED) is 0.722. The summed E-state index contributed by atoms with van der Waals surface area (Å²) in [5, 5.41) is 6.93. The number of ether oxygens (including phenoxy) is 1. The van der Waals surface area contributed by atoms with E-state index in [9.17, 15) is 4.79 Å². The van der Waals surface area contributed by atoms with E-state index < -0.39 is 0 Å². The first-order valence-corrected chi connectivity index (χ1v) is 11.1. The van der Waals surface area contributed by atoms with Crippen molar-refractivity contribution in [2.24, 2.45) is 0 Å². The maximum Gasteiger partial charge on any atom is 0.225 e. The van der Waals surface area contributed by atoms with Crippen molar-refractivity contribution in [3.05, 3.63) is 36.0 Å². The van der Waals surface area contributed by atoms with E-state index in [2.05, 4.69) is 10.6 Å². The summed E-state index contributed by atoms with van der Waals surface area (Å²) < 4.78 is 5.46. The van der Waals surface area contributed by atoms with Gasteiger partial charge in [-0.15, -0.1) is 11.8 Å². The van der Waals surface area contributed by atoms with E-state index >= 15 is 0 Å². The first-order valence-electron chi connectivity index (χ1n) is 10.2. The van der Waals surface area contributed by atoms with Gasteiger partial charge in [-0.3, -0.25) is 4.79 Å². The number of aryl methyl sites for hydroxylation is 1. The van der Waals surface area contributed by atoms with Crippen LogP contribution in [0.25, 0.3) is 0 Å². The lowest BCUT2D eigenvalue weighted by Crippen LogP contribution is -2.33. The van der Waals surface area contributed by atoms with Gasteiger partial charge in [0.2, 0.25) is 11.9 Å². The van der Waals surface area contributed by atoms with Gasteiger partial charge in [0.05, 0.1) is 10.6 Å². The molecule has 29 heavy (non-hydrogen) atoms. The van der Waals surface area contributed by atoms with Gasteiger partial charge in [-0.1, -0.05) is 18.2 Å². The van der Waals surface area contributed by atoms with E-state index in [1.54, 1.807) is 11.8 Å². The molecule has 4 rings (SSSR count). The second-order valence-corrected chi connectivity index (χ2v) is 8.34. The molecule has 0 saturated carbocycles. The summed E-state index contributed by atoms with van der Waals surface area (Å²) >= 11 is 1.82. The van der Waals surface area contributed by atoms with Crippen LogP contribution in [0, 0.1) is 0 Å². The third kappa shape index (κ3) is 5.00. The molecule has 2 aromatic rings. The zero-order valence-corrected chi connectivity index (χ0v) is 17.5. The molecule has 3 heterocycles. The molecule has 1 fully saturated rings.